The van der Waals surface area contributed by atoms with E-state index in [9.17, 15) is 0 Å². The third-order valence-corrected chi connectivity index (χ3v) is 11.8. The molecule has 12 rings (SSSR count). The van der Waals surface area contributed by atoms with Crippen LogP contribution in [0.25, 0.3) is 82.5 Å². The molecule has 272 valence electrons. The number of aromatic nitrogens is 3. The Morgan fingerprint density at radius 1 is 0.241 bits per heavy atom. The van der Waals surface area contributed by atoms with Crippen LogP contribution >= 0.6 is 0 Å². The molecule has 0 aliphatic rings. The first-order valence-electron chi connectivity index (χ1n) is 19.9. The van der Waals surface area contributed by atoms with Crippen molar-refractivity contribution in [3.63, 3.8) is 0 Å². The second-order valence-corrected chi connectivity index (χ2v) is 15.0. The Morgan fingerprint density at radius 2 is 0.621 bits per heavy atom. The van der Waals surface area contributed by atoms with Crippen molar-refractivity contribution < 1.29 is 0 Å². The third kappa shape index (κ3) is 4.82. The quantitative estimate of drug-likeness (QED) is 0.166. The second kappa shape index (κ2) is 12.9. The smallest absolute Gasteiger partial charge is 0.0788 e. The van der Waals surface area contributed by atoms with Crippen LogP contribution in [0.15, 0.2) is 218 Å². The maximum absolute atomic E-state index is 2.46. The van der Waals surface area contributed by atoms with Crippen LogP contribution in [0.3, 0.4) is 0 Å². The number of benzene rings is 9. The van der Waals surface area contributed by atoms with Gasteiger partial charge in [-0.3, -0.25) is 0 Å². The van der Waals surface area contributed by atoms with Crippen LogP contribution in [-0.4, -0.2) is 13.7 Å². The first kappa shape index (κ1) is 32.4. The van der Waals surface area contributed by atoms with Gasteiger partial charge in [0.25, 0.3) is 0 Å². The van der Waals surface area contributed by atoms with E-state index in [1.165, 1.54) is 65.4 Å². The molecule has 9 aromatic carbocycles. The van der Waals surface area contributed by atoms with Gasteiger partial charge in [-0.1, -0.05) is 121 Å². The molecule has 3 heterocycles. The minimum Gasteiger partial charge on any atom is -0.310 e. The highest BCUT2D eigenvalue weighted by Crippen LogP contribution is 2.43. The Kier molecular flexibility index (Phi) is 7.20. The topological polar surface area (TPSA) is 18.0 Å². The lowest BCUT2D eigenvalue weighted by atomic mass is 10.1. The second-order valence-electron chi connectivity index (χ2n) is 15.0. The summed E-state index contributed by atoms with van der Waals surface area (Å²) in [7, 11) is 0. The molecule has 4 nitrogen and oxygen atoms in total. The first-order valence-corrected chi connectivity index (χ1v) is 19.9. The summed E-state index contributed by atoms with van der Waals surface area (Å²) in [6, 6.07) is 79.0. The van der Waals surface area contributed by atoms with Gasteiger partial charge in [-0.05, 0) is 97.1 Å². The summed E-state index contributed by atoms with van der Waals surface area (Å²) >= 11 is 0. The number of hydrogen-bond donors (Lipinski definition) is 0. The predicted molar refractivity (Wildman–Crippen MR) is 244 cm³/mol. The highest BCUT2D eigenvalue weighted by atomic mass is 15.1. The molecule has 0 saturated carbocycles. The minimum atomic E-state index is 1.09. The van der Waals surface area contributed by atoms with Crippen molar-refractivity contribution >= 4 is 82.5 Å². The summed E-state index contributed by atoms with van der Waals surface area (Å²) in [6.07, 6.45) is 0. The molecule has 0 saturated heterocycles. The number of rotatable bonds is 6. The van der Waals surface area contributed by atoms with Gasteiger partial charge >= 0.3 is 0 Å². The first-order chi connectivity index (χ1) is 28.8. The Bertz CT molecular complexity index is 3480. The monoisotopic (exact) mass is 740 g/mol. The van der Waals surface area contributed by atoms with Gasteiger partial charge in [0.1, 0.15) is 0 Å². The maximum atomic E-state index is 2.46. The molecule has 0 spiro atoms. The Labute approximate surface area is 335 Å². The van der Waals surface area contributed by atoms with Gasteiger partial charge in [0.15, 0.2) is 0 Å². The lowest BCUT2D eigenvalue weighted by molar-refractivity contribution is 1.15. The summed E-state index contributed by atoms with van der Waals surface area (Å²) in [5.74, 6) is 0. The highest BCUT2D eigenvalue weighted by Gasteiger charge is 2.22. The molecule has 0 aliphatic carbocycles. The predicted octanol–water partition coefficient (Wildman–Crippen LogP) is 14.4. The van der Waals surface area contributed by atoms with Gasteiger partial charge < -0.3 is 18.6 Å². The molecule has 0 atom stereocenters. The summed E-state index contributed by atoms with van der Waals surface area (Å²) in [4.78, 5) is 2.37. The molecule has 0 N–H and O–H groups in total. The minimum absolute atomic E-state index is 1.09. The molecule has 12 aromatic rings. The SMILES string of the molecule is c1ccc(N(c2ccc(-n3c4ccccc4c4ccc5c6ccccc6n(-c6ccccc6)c5c43)cc2)c2ccc3c(c2)c2ccccc2n3-c2ccccc2)cc1. The van der Waals surface area contributed by atoms with Crippen LogP contribution in [0.4, 0.5) is 17.1 Å². The van der Waals surface area contributed by atoms with Crippen molar-refractivity contribution in [1.29, 1.82) is 0 Å². The molecule has 0 bridgehead atoms. The standard InChI is InChI=1S/C54H36N4/c1-4-16-37(17-5-1)55(42-32-35-52-48(36-42)45-24-12-13-25-49(45)56(52)38-18-6-2-7-19-38)40-28-30-41(31-29-40)58-51-27-15-11-23-44(51)47-34-33-46-43-22-10-14-26-50(43)57(53(46)54(47)58)39-20-8-3-9-21-39/h1-36H. The van der Waals surface area contributed by atoms with Crippen molar-refractivity contribution in [3.8, 4) is 17.1 Å². The van der Waals surface area contributed by atoms with Crippen LogP contribution < -0.4 is 4.90 Å². The van der Waals surface area contributed by atoms with E-state index in [2.05, 4.69) is 237 Å². The number of para-hydroxylation sites is 6. The summed E-state index contributed by atoms with van der Waals surface area (Å²) in [5, 5.41) is 7.42. The fraction of sp³-hybridized carbons (Fsp3) is 0. The zero-order chi connectivity index (χ0) is 38.2. The fourth-order valence-electron chi connectivity index (χ4n) is 9.34. The lowest BCUT2D eigenvalue weighted by Crippen LogP contribution is -2.10. The molecule has 58 heavy (non-hydrogen) atoms. The van der Waals surface area contributed by atoms with E-state index >= 15 is 0 Å². The van der Waals surface area contributed by atoms with Crippen LogP contribution in [0.5, 0.6) is 0 Å². The van der Waals surface area contributed by atoms with Crippen LogP contribution in [0.1, 0.15) is 0 Å². The van der Waals surface area contributed by atoms with Crippen molar-refractivity contribution in [2.45, 2.75) is 0 Å². The Morgan fingerprint density at radius 3 is 1.17 bits per heavy atom. The summed E-state index contributed by atoms with van der Waals surface area (Å²) in [6.45, 7) is 0. The number of fused-ring (bicyclic) bond motifs is 10. The van der Waals surface area contributed by atoms with Gasteiger partial charge in [-0.2, -0.15) is 0 Å². The highest BCUT2D eigenvalue weighted by molar-refractivity contribution is 6.24. The van der Waals surface area contributed by atoms with Crippen molar-refractivity contribution in [1.82, 2.24) is 13.7 Å². The van der Waals surface area contributed by atoms with Crippen LogP contribution in [0.2, 0.25) is 0 Å². The van der Waals surface area contributed by atoms with Crippen LogP contribution in [0, 0.1) is 0 Å². The van der Waals surface area contributed by atoms with Gasteiger partial charge in [-0.25, -0.2) is 0 Å². The number of hydrogen-bond acceptors (Lipinski definition) is 1. The molecule has 4 heteroatoms. The molecule has 0 amide bonds. The zero-order valence-corrected chi connectivity index (χ0v) is 31.6. The molecule has 0 fully saturated rings. The Balaban J connectivity index is 1.07. The molecular formula is C54H36N4. The molecule has 0 radical (unpaired) electrons. The van der Waals surface area contributed by atoms with Gasteiger partial charge in [0.05, 0.1) is 33.1 Å². The third-order valence-electron chi connectivity index (χ3n) is 11.8. The molecule has 0 aliphatic heterocycles. The molecule has 0 unspecified atom stereocenters. The average molecular weight is 741 g/mol. The lowest BCUT2D eigenvalue weighted by Gasteiger charge is -2.26. The fourth-order valence-corrected chi connectivity index (χ4v) is 9.34. The van der Waals surface area contributed by atoms with Gasteiger partial charge in [-0.15, -0.1) is 0 Å². The van der Waals surface area contributed by atoms with Crippen molar-refractivity contribution in [2.75, 3.05) is 4.90 Å². The van der Waals surface area contributed by atoms with Gasteiger partial charge in [0, 0.05) is 66.4 Å². The summed E-state index contributed by atoms with van der Waals surface area (Å²) < 4.78 is 7.28. The Hall–Kier alpha value is -7.82. The van der Waals surface area contributed by atoms with Crippen LogP contribution in [-0.2, 0) is 0 Å². The van der Waals surface area contributed by atoms with E-state index in [0.717, 1.165) is 34.1 Å². The van der Waals surface area contributed by atoms with E-state index in [4.69, 9.17) is 0 Å². The molecular weight excluding hydrogens is 705 g/mol. The number of anilines is 3. The largest absolute Gasteiger partial charge is 0.310 e. The number of nitrogens with zero attached hydrogens (tertiary/aromatic N) is 4. The average Bonchev–Trinajstić information content (AvgIpc) is 3.93. The van der Waals surface area contributed by atoms with E-state index in [0.29, 0.717) is 0 Å². The normalized spacial score (nSPS) is 11.8. The van der Waals surface area contributed by atoms with Crippen molar-refractivity contribution in [2.24, 2.45) is 0 Å². The van der Waals surface area contributed by atoms with Crippen molar-refractivity contribution in [3.05, 3.63) is 218 Å². The zero-order valence-electron chi connectivity index (χ0n) is 31.6. The molecule has 3 aromatic heterocycles. The van der Waals surface area contributed by atoms with E-state index in [1.54, 1.807) is 0 Å². The van der Waals surface area contributed by atoms with E-state index < -0.39 is 0 Å². The summed E-state index contributed by atoms with van der Waals surface area (Å²) in [5.41, 5.74) is 13.9. The maximum Gasteiger partial charge on any atom is 0.0788 e. The van der Waals surface area contributed by atoms with E-state index in [-0.39, 0.29) is 0 Å². The van der Waals surface area contributed by atoms with Gasteiger partial charge in [0.2, 0.25) is 0 Å². The van der Waals surface area contributed by atoms with E-state index in [1.807, 2.05) is 0 Å².